The van der Waals surface area contributed by atoms with E-state index in [2.05, 4.69) is 18.2 Å². The van der Waals surface area contributed by atoms with Crippen LogP contribution < -0.4 is 5.32 Å². The van der Waals surface area contributed by atoms with Gasteiger partial charge in [0.15, 0.2) is 5.69 Å². The van der Waals surface area contributed by atoms with Crippen LogP contribution in [0.15, 0.2) is 12.7 Å². The van der Waals surface area contributed by atoms with Gasteiger partial charge in [-0.3, -0.25) is 9.48 Å². The number of hydrogen-bond donors (Lipinski definition) is 1. The van der Waals surface area contributed by atoms with Gasteiger partial charge in [-0.25, -0.2) is 0 Å². The van der Waals surface area contributed by atoms with Crippen LogP contribution in [0.25, 0.3) is 0 Å². The number of carbonyl (C=O) groups is 1. The number of aromatic nitrogens is 2. The number of rotatable bonds is 7. The molecule has 2 heterocycles. The van der Waals surface area contributed by atoms with Crippen molar-refractivity contribution in [1.29, 1.82) is 0 Å². The van der Waals surface area contributed by atoms with Crippen molar-refractivity contribution in [2.75, 3.05) is 43.1 Å². The van der Waals surface area contributed by atoms with Crippen LogP contribution in [0.3, 0.4) is 0 Å². The first-order chi connectivity index (χ1) is 12.2. The first-order valence-electron chi connectivity index (χ1n) is 9.03. The molecule has 1 unspecified atom stereocenters. The number of nitrogens with one attached hydrogen (secondary N) is 1. The van der Waals surface area contributed by atoms with E-state index in [9.17, 15) is 4.79 Å². The molecule has 1 aliphatic carbocycles. The molecule has 25 heavy (non-hydrogen) atoms. The lowest BCUT2D eigenvalue weighted by Crippen LogP contribution is -2.40. The monoisotopic (exact) mass is 380 g/mol. The van der Waals surface area contributed by atoms with Crippen LogP contribution in [-0.4, -0.2) is 69.8 Å². The van der Waals surface area contributed by atoms with E-state index < -0.39 is 0 Å². The Balaban J connectivity index is 1.80. The van der Waals surface area contributed by atoms with E-state index in [4.69, 9.17) is 5.10 Å². The van der Waals surface area contributed by atoms with Gasteiger partial charge in [-0.2, -0.15) is 28.6 Å². The molecule has 1 amide bonds. The number of nitrogens with zero attached hydrogens (tertiary/aromatic N) is 3. The molecular formula is C18H28N4OS2. The Hall–Kier alpha value is -0.920. The molecule has 1 atom stereocenters. The summed E-state index contributed by atoms with van der Waals surface area (Å²) in [5, 5.41) is 8.35. The lowest BCUT2D eigenvalue weighted by atomic mass is 9.91. The molecule has 0 saturated carbocycles. The smallest absolute Gasteiger partial charge is 0.274 e. The summed E-state index contributed by atoms with van der Waals surface area (Å²) in [5.74, 6) is 3.29. The largest absolute Gasteiger partial charge is 0.336 e. The van der Waals surface area contributed by atoms with E-state index in [1.807, 2.05) is 39.2 Å². The van der Waals surface area contributed by atoms with E-state index in [0.717, 1.165) is 61.7 Å². The van der Waals surface area contributed by atoms with Gasteiger partial charge in [0.05, 0.1) is 6.54 Å². The highest BCUT2D eigenvalue weighted by atomic mass is 32.2. The minimum absolute atomic E-state index is 0.115. The van der Waals surface area contributed by atoms with Crippen molar-refractivity contribution in [3.63, 3.8) is 0 Å². The Kier molecular flexibility index (Phi) is 6.90. The van der Waals surface area contributed by atoms with Gasteiger partial charge in [-0.1, -0.05) is 6.08 Å². The summed E-state index contributed by atoms with van der Waals surface area (Å²) in [7, 11) is 0. The molecule has 5 nitrogen and oxygen atoms in total. The van der Waals surface area contributed by atoms with Crippen LogP contribution >= 0.6 is 23.5 Å². The maximum atomic E-state index is 13.0. The molecule has 0 spiro atoms. The highest BCUT2D eigenvalue weighted by Gasteiger charge is 2.31. The average molecular weight is 381 g/mol. The van der Waals surface area contributed by atoms with Crippen LogP contribution in [-0.2, 0) is 19.4 Å². The molecule has 2 aliphatic rings. The van der Waals surface area contributed by atoms with E-state index in [0.29, 0.717) is 18.3 Å². The second-order valence-electron chi connectivity index (χ2n) is 6.54. The van der Waals surface area contributed by atoms with E-state index in [1.54, 1.807) is 0 Å². The Bertz CT molecular complexity index is 610. The molecule has 0 bridgehead atoms. The van der Waals surface area contributed by atoms with Crippen molar-refractivity contribution in [3.05, 3.63) is 29.6 Å². The molecule has 1 aliphatic heterocycles. The average Bonchev–Trinajstić information content (AvgIpc) is 3.00. The second kappa shape index (κ2) is 9.14. The van der Waals surface area contributed by atoms with Gasteiger partial charge in [-0.05, 0) is 25.5 Å². The van der Waals surface area contributed by atoms with E-state index in [-0.39, 0.29) is 5.91 Å². The van der Waals surface area contributed by atoms with Crippen molar-refractivity contribution >= 4 is 29.4 Å². The van der Waals surface area contributed by atoms with Crippen LogP contribution in [0, 0.1) is 0 Å². The Morgan fingerprint density at radius 3 is 3.00 bits per heavy atom. The van der Waals surface area contributed by atoms with Crippen LogP contribution in [0.5, 0.6) is 0 Å². The maximum absolute atomic E-state index is 13.0. The predicted molar refractivity (Wildman–Crippen MR) is 108 cm³/mol. The summed E-state index contributed by atoms with van der Waals surface area (Å²) < 4.78 is 1.99. The summed E-state index contributed by atoms with van der Waals surface area (Å²) in [5.41, 5.74) is 3.08. The van der Waals surface area contributed by atoms with E-state index >= 15 is 0 Å². The normalized spacial score (nSPS) is 20.4. The van der Waals surface area contributed by atoms with Gasteiger partial charge in [0, 0.05) is 54.2 Å². The summed E-state index contributed by atoms with van der Waals surface area (Å²) >= 11 is 3.78. The Morgan fingerprint density at radius 2 is 2.28 bits per heavy atom. The topological polar surface area (TPSA) is 50.2 Å². The molecule has 1 aromatic rings. The first kappa shape index (κ1) is 18.9. The molecule has 0 radical (unpaired) electrons. The molecule has 0 aromatic carbocycles. The van der Waals surface area contributed by atoms with Crippen LogP contribution in [0.4, 0.5) is 0 Å². The zero-order valence-corrected chi connectivity index (χ0v) is 16.6. The number of allylic oxidation sites excluding steroid dienone is 1. The zero-order valence-electron chi connectivity index (χ0n) is 15.0. The standard InChI is InChI=1S/C18H28N4OS2/c1-3-7-22-16-5-4-14(19-6-10-24-2)13-15(16)17(20-22)18(23)21-8-11-25-12-9-21/h3,14,19H,1,4-13H2,2H3. The van der Waals surface area contributed by atoms with Crippen molar-refractivity contribution in [2.45, 2.75) is 31.8 Å². The van der Waals surface area contributed by atoms with Crippen LogP contribution in [0.2, 0.25) is 0 Å². The highest BCUT2D eigenvalue weighted by molar-refractivity contribution is 7.99. The van der Waals surface area contributed by atoms with Crippen molar-refractivity contribution in [1.82, 2.24) is 20.0 Å². The third-order valence-electron chi connectivity index (χ3n) is 4.89. The summed E-state index contributed by atoms with van der Waals surface area (Å²) in [4.78, 5) is 15.0. The number of hydrogen-bond acceptors (Lipinski definition) is 5. The van der Waals surface area contributed by atoms with Gasteiger partial charge >= 0.3 is 0 Å². The van der Waals surface area contributed by atoms with E-state index in [1.165, 1.54) is 5.69 Å². The second-order valence-corrected chi connectivity index (χ2v) is 8.75. The number of thioether (sulfide) groups is 2. The minimum Gasteiger partial charge on any atom is -0.336 e. The Morgan fingerprint density at radius 1 is 1.48 bits per heavy atom. The number of carbonyl (C=O) groups excluding carboxylic acids is 1. The third kappa shape index (κ3) is 4.44. The molecule has 7 heteroatoms. The lowest BCUT2D eigenvalue weighted by molar-refractivity contribution is 0.0764. The predicted octanol–water partition coefficient (Wildman–Crippen LogP) is 2.07. The Labute approximate surface area is 159 Å². The number of amides is 1. The van der Waals surface area contributed by atoms with Crippen LogP contribution in [0.1, 0.15) is 28.2 Å². The molecule has 1 N–H and O–H groups in total. The molecule has 1 saturated heterocycles. The molecular weight excluding hydrogens is 352 g/mol. The van der Waals surface area contributed by atoms with Gasteiger partial charge in [0.25, 0.3) is 5.91 Å². The van der Waals surface area contributed by atoms with Gasteiger partial charge in [-0.15, -0.1) is 6.58 Å². The molecule has 1 aromatic heterocycles. The summed E-state index contributed by atoms with van der Waals surface area (Å²) in [6.45, 7) is 7.21. The molecule has 138 valence electrons. The quantitative estimate of drug-likeness (QED) is 0.580. The van der Waals surface area contributed by atoms with Crippen molar-refractivity contribution in [2.24, 2.45) is 0 Å². The lowest BCUT2D eigenvalue weighted by Gasteiger charge is -2.27. The first-order valence-corrected chi connectivity index (χ1v) is 11.6. The number of fused-ring (bicyclic) bond motifs is 1. The third-order valence-corrected chi connectivity index (χ3v) is 6.44. The fraction of sp³-hybridized carbons (Fsp3) is 0.667. The summed E-state index contributed by atoms with van der Waals surface area (Å²) in [6.07, 6.45) is 6.99. The SMILES string of the molecule is C=CCn1nc(C(=O)N2CCSCC2)c2c1CCC(NCCSC)C2. The van der Waals surface area contributed by atoms with Crippen molar-refractivity contribution in [3.8, 4) is 0 Å². The fourth-order valence-electron chi connectivity index (χ4n) is 3.59. The maximum Gasteiger partial charge on any atom is 0.274 e. The molecule has 3 rings (SSSR count). The summed E-state index contributed by atoms with van der Waals surface area (Å²) in [6, 6.07) is 0.449. The highest BCUT2D eigenvalue weighted by Crippen LogP contribution is 2.26. The van der Waals surface area contributed by atoms with Gasteiger partial charge in [0.1, 0.15) is 0 Å². The zero-order chi connectivity index (χ0) is 17.6. The van der Waals surface area contributed by atoms with Crippen molar-refractivity contribution < 1.29 is 4.79 Å². The van der Waals surface area contributed by atoms with Gasteiger partial charge in [0.2, 0.25) is 0 Å². The van der Waals surface area contributed by atoms with Gasteiger partial charge < -0.3 is 10.2 Å². The molecule has 1 fully saturated rings. The fourth-order valence-corrected chi connectivity index (χ4v) is 4.81. The minimum atomic E-state index is 0.115.